The van der Waals surface area contributed by atoms with Gasteiger partial charge in [0.2, 0.25) is 0 Å². The van der Waals surface area contributed by atoms with Crippen molar-refractivity contribution in [1.82, 2.24) is 0 Å². The van der Waals surface area contributed by atoms with Gasteiger partial charge in [-0.15, -0.1) is 0 Å². The number of nitrogens with zero attached hydrogens (tertiary/aromatic N) is 2. The standard InChI is InChI=1S/C38H49N2O4P/c1-37(2,3)43-35(41)39-40-36(42)44-38(4,5)28-29-16-12-14-18-30(19-15-13-17-29)31-24-26-34(27-25-31)45(32-20-8-6-9-21-32)33-22-10-7-11-23-33/h6-11,20-27,29-30H,12-19,28H2,1-5H3/b40-39+. The summed E-state index contributed by atoms with van der Waals surface area (Å²) >= 11 is 0. The van der Waals surface area contributed by atoms with Gasteiger partial charge in [0.1, 0.15) is 11.2 Å². The monoisotopic (exact) mass is 628 g/mol. The zero-order valence-electron chi connectivity index (χ0n) is 27.6. The third-order valence-corrected chi connectivity index (χ3v) is 10.7. The number of azo groups is 1. The third-order valence-electron chi connectivity index (χ3n) is 8.23. The zero-order valence-corrected chi connectivity index (χ0v) is 28.5. The van der Waals surface area contributed by atoms with E-state index in [-0.39, 0.29) is 0 Å². The van der Waals surface area contributed by atoms with Crippen LogP contribution >= 0.6 is 7.92 Å². The van der Waals surface area contributed by atoms with Crippen molar-refractivity contribution in [3.63, 3.8) is 0 Å². The van der Waals surface area contributed by atoms with Crippen molar-refractivity contribution < 1.29 is 19.1 Å². The van der Waals surface area contributed by atoms with Crippen molar-refractivity contribution in [3.8, 4) is 0 Å². The van der Waals surface area contributed by atoms with Crippen molar-refractivity contribution in [2.75, 3.05) is 0 Å². The van der Waals surface area contributed by atoms with Crippen LogP contribution in [0.3, 0.4) is 0 Å². The van der Waals surface area contributed by atoms with Crippen LogP contribution in [-0.2, 0) is 9.47 Å². The lowest BCUT2D eigenvalue weighted by molar-refractivity contribution is 0.0219. The summed E-state index contributed by atoms with van der Waals surface area (Å²) in [5.41, 5.74) is 0.0670. The van der Waals surface area contributed by atoms with Gasteiger partial charge in [0.25, 0.3) is 0 Å². The van der Waals surface area contributed by atoms with Gasteiger partial charge < -0.3 is 9.47 Å². The fraction of sp³-hybridized carbons (Fsp3) is 0.474. The maximum atomic E-state index is 12.3. The Balaban J connectivity index is 1.31. The molecule has 1 saturated carbocycles. The van der Waals surface area contributed by atoms with Crippen LogP contribution in [0, 0.1) is 5.92 Å². The fourth-order valence-corrected chi connectivity index (χ4v) is 8.61. The second-order valence-electron chi connectivity index (χ2n) is 13.7. The number of amides is 2. The molecule has 4 rings (SSSR count). The Hall–Kier alpha value is -3.37. The van der Waals surface area contributed by atoms with Crippen LogP contribution in [0.1, 0.15) is 104 Å². The summed E-state index contributed by atoms with van der Waals surface area (Å²) in [6, 6.07) is 31.3. The molecule has 240 valence electrons. The highest BCUT2D eigenvalue weighted by molar-refractivity contribution is 7.79. The molecular weight excluding hydrogens is 579 g/mol. The number of carbonyl (C=O) groups is 2. The van der Waals surface area contributed by atoms with E-state index >= 15 is 0 Å². The van der Waals surface area contributed by atoms with E-state index in [2.05, 4.69) is 95.2 Å². The van der Waals surface area contributed by atoms with Gasteiger partial charge in [-0.25, -0.2) is 9.59 Å². The summed E-state index contributed by atoms with van der Waals surface area (Å²) in [7, 11) is -0.589. The predicted octanol–water partition coefficient (Wildman–Crippen LogP) is 9.97. The van der Waals surface area contributed by atoms with E-state index in [1.54, 1.807) is 20.8 Å². The number of benzene rings is 3. The smallest absolute Gasteiger partial charge is 0.441 e. The van der Waals surface area contributed by atoms with Gasteiger partial charge in [-0.1, -0.05) is 134 Å². The van der Waals surface area contributed by atoms with Crippen LogP contribution in [0.2, 0.25) is 0 Å². The molecule has 45 heavy (non-hydrogen) atoms. The summed E-state index contributed by atoms with van der Waals surface area (Å²) in [5, 5.41) is 10.9. The molecule has 0 atom stereocenters. The Kier molecular flexibility index (Phi) is 12.5. The molecule has 7 heteroatoms. The first-order valence-electron chi connectivity index (χ1n) is 16.4. The Morgan fingerprint density at radius 2 is 1.09 bits per heavy atom. The summed E-state index contributed by atoms with van der Waals surface area (Å²) in [4.78, 5) is 24.0. The second-order valence-corrected chi connectivity index (χ2v) is 16.0. The Morgan fingerprint density at radius 1 is 0.644 bits per heavy atom. The molecule has 0 unspecified atom stereocenters. The van der Waals surface area contributed by atoms with E-state index < -0.39 is 31.3 Å². The molecule has 6 nitrogen and oxygen atoms in total. The van der Waals surface area contributed by atoms with Crippen LogP contribution in [0.5, 0.6) is 0 Å². The summed E-state index contributed by atoms with van der Waals surface area (Å²) in [6.07, 6.45) is 8.32. The van der Waals surface area contributed by atoms with Gasteiger partial charge in [-0.05, 0) is 95.1 Å². The molecular formula is C38H49N2O4P. The normalized spacial score (nSPS) is 18.4. The SMILES string of the molecule is CC(C)(C)OC(=O)/N=N/C(=O)OC(C)(C)CC1CCCCC(c2ccc(P(c3ccccc3)c3ccccc3)cc2)CCCC1. The third kappa shape index (κ3) is 11.5. The van der Waals surface area contributed by atoms with Gasteiger partial charge in [0, 0.05) is 0 Å². The molecule has 0 aliphatic heterocycles. The summed E-state index contributed by atoms with van der Waals surface area (Å²) < 4.78 is 10.7. The van der Waals surface area contributed by atoms with Crippen LogP contribution in [0.4, 0.5) is 9.59 Å². The Morgan fingerprint density at radius 3 is 1.58 bits per heavy atom. The highest BCUT2D eigenvalue weighted by Gasteiger charge is 2.28. The van der Waals surface area contributed by atoms with Gasteiger partial charge in [-0.2, -0.15) is 0 Å². The van der Waals surface area contributed by atoms with E-state index in [1.165, 1.54) is 47.2 Å². The topological polar surface area (TPSA) is 77.3 Å². The lowest BCUT2D eigenvalue weighted by Gasteiger charge is -2.30. The predicted molar refractivity (Wildman–Crippen MR) is 185 cm³/mol. The van der Waals surface area contributed by atoms with Crippen molar-refractivity contribution in [1.29, 1.82) is 0 Å². The highest BCUT2D eigenvalue weighted by Crippen LogP contribution is 2.36. The minimum atomic E-state index is -0.900. The van der Waals surface area contributed by atoms with E-state index in [0.29, 0.717) is 11.8 Å². The maximum absolute atomic E-state index is 12.3. The number of carbonyl (C=O) groups excluding carboxylic acids is 2. The maximum Gasteiger partial charge on any atom is 0.453 e. The minimum Gasteiger partial charge on any atom is -0.441 e. The fourth-order valence-electron chi connectivity index (χ4n) is 6.33. The molecule has 3 aromatic carbocycles. The Bertz CT molecular complexity index is 1330. The average Bonchev–Trinajstić information content (AvgIpc) is 3.00. The van der Waals surface area contributed by atoms with Gasteiger partial charge in [0.15, 0.2) is 0 Å². The van der Waals surface area contributed by atoms with E-state index in [1.807, 2.05) is 13.8 Å². The van der Waals surface area contributed by atoms with Crippen molar-refractivity contribution in [3.05, 3.63) is 90.5 Å². The molecule has 0 spiro atoms. The second kappa shape index (κ2) is 16.3. The molecule has 1 fully saturated rings. The lowest BCUT2D eigenvalue weighted by atomic mass is 9.81. The van der Waals surface area contributed by atoms with Crippen LogP contribution in [0.25, 0.3) is 0 Å². The molecule has 0 saturated heterocycles. The van der Waals surface area contributed by atoms with Gasteiger partial charge in [0.05, 0.1) is 0 Å². The van der Waals surface area contributed by atoms with E-state index in [9.17, 15) is 9.59 Å². The first-order valence-corrected chi connectivity index (χ1v) is 17.7. The number of hydrogen-bond donors (Lipinski definition) is 0. The molecule has 0 aromatic heterocycles. The highest BCUT2D eigenvalue weighted by atomic mass is 31.1. The van der Waals surface area contributed by atoms with Crippen molar-refractivity contribution in [2.45, 2.75) is 110 Å². The van der Waals surface area contributed by atoms with E-state index in [0.717, 1.165) is 32.1 Å². The quantitative estimate of drug-likeness (QED) is 0.193. The largest absolute Gasteiger partial charge is 0.453 e. The molecule has 3 aromatic rings. The first kappa shape index (κ1) is 34.5. The zero-order chi connectivity index (χ0) is 32.3. The molecule has 0 heterocycles. The first-order chi connectivity index (χ1) is 21.5. The molecule has 2 amide bonds. The van der Waals surface area contributed by atoms with Crippen molar-refractivity contribution in [2.24, 2.45) is 16.1 Å². The summed E-state index contributed by atoms with van der Waals surface area (Å²) in [5.74, 6) is 1.06. The van der Waals surface area contributed by atoms with Gasteiger partial charge >= 0.3 is 12.2 Å². The Labute approximate surface area is 270 Å². The number of rotatable bonds is 7. The van der Waals surface area contributed by atoms with Crippen LogP contribution < -0.4 is 15.9 Å². The molecule has 1 aliphatic carbocycles. The minimum absolute atomic E-state index is 0.474. The number of ether oxygens (including phenoxy) is 2. The van der Waals surface area contributed by atoms with Gasteiger partial charge in [-0.3, -0.25) is 0 Å². The number of hydrogen-bond acceptors (Lipinski definition) is 4. The van der Waals surface area contributed by atoms with Crippen molar-refractivity contribution >= 4 is 36.0 Å². The molecule has 1 aliphatic rings. The van der Waals surface area contributed by atoms with Crippen LogP contribution in [-0.4, -0.2) is 23.4 Å². The van der Waals surface area contributed by atoms with Crippen LogP contribution in [0.15, 0.2) is 95.2 Å². The molecule has 0 bridgehead atoms. The molecule has 0 radical (unpaired) electrons. The summed E-state index contributed by atoms with van der Waals surface area (Å²) in [6.45, 7) is 9.01. The van der Waals surface area contributed by atoms with E-state index in [4.69, 9.17) is 9.47 Å². The molecule has 0 N–H and O–H groups in total. The lowest BCUT2D eigenvalue weighted by Crippen LogP contribution is -2.30. The average molecular weight is 629 g/mol.